The van der Waals surface area contributed by atoms with Crippen LogP contribution in [-0.4, -0.2) is 29.9 Å². The number of carbonyl (C=O) groups is 3. The Bertz CT molecular complexity index is 917. The fourth-order valence-electron chi connectivity index (χ4n) is 3.23. The molecule has 0 aliphatic heterocycles. The van der Waals surface area contributed by atoms with E-state index in [1.54, 1.807) is 6.92 Å². The number of methoxy groups -OCH3 is 1. The molecule has 0 saturated carbocycles. The number of ether oxygens (including phenoxy) is 1. The minimum atomic E-state index is -0.448. The Balaban J connectivity index is 2.14. The molecule has 1 unspecified atom stereocenters. The van der Waals surface area contributed by atoms with Gasteiger partial charge in [0.2, 0.25) is 5.91 Å². The molecule has 7 heteroatoms. The first-order chi connectivity index (χ1) is 14.3. The minimum Gasteiger partial charge on any atom is -0.465 e. The van der Waals surface area contributed by atoms with Crippen LogP contribution in [-0.2, 0) is 22.5 Å². The van der Waals surface area contributed by atoms with E-state index in [0.717, 1.165) is 18.4 Å². The van der Waals surface area contributed by atoms with Gasteiger partial charge in [0.25, 0.3) is 5.91 Å². The summed E-state index contributed by atoms with van der Waals surface area (Å²) in [7, 11) is 1.33. The molecule has 162 valence electrons. The Morgan fingerprint density at radius 2 is 1.93 bits per heavy atom. The molecule has 1 aromatic carbocycles. The Kier molecular flexibility index (Phi) is 8.21. The van der Waals surface area contributed by atoms with Gasteiger partial charge in [0.05, 0.1) is 12.7 Å². The van der Waals surface area contributed by atoms with Crippen molar-refractivity contribution in [2.75, 3.05) is 12.4 Å². The molecule has 0 fully saturated rings. The number of rotatable bonds is 9. The maximum atomic E-state index is 12.8. The third kappa shape index (κ3) is 5.49. The van der Waals surface area contributed by atoms with Gasteiger partial charge in [-0.05, 0) is 43.0 Å². The molecular formula is C23H31N3O4. The quantitative estimate of drug-likeness (QED) is 0.541. The van der Waals surface area contributed by atoms with Gasteiger partial charge in [-0.1, -0.05) is 39.3 Å². The fourth-order valence-corrected chi connectivity index (χ4v) is 3.23. The third-order valence-corrected chi connectivity index (χ3v) is 5.12. The largest absolute Gasteiger partial charge is 0.465 e. The number of esters is 1. The average molecular weight is 414 g/mol. The van der Waals surface area contributed by atoms with Crippen LogP contribution in [0, 0.1) is 12.8 Å². The molecular weight excluding hydrogens is 382 g/mol. The first-order valence-corrected chi connectivity index (χ1v) is 10.3. The first kappa shape index (κ1) is 23.2. The van der Waals surface area contributed by atoms with Crippen LogP contribution >= 0.6 is 0 Å². The fraction of sp³-hybridized carbons (Fsp3) is 0.435. The lowest BCUT2D eigenvalue weighted by atomic mass is 10.0. The van der Waals surface area contributed by atoms with Crippen molar-refractivity contribution in [3.8, 4) is 0 Å². The second-order valence-electron chi connectivity index (χ2n) is 7.40. The van der Waals surface area contributed by atoms with Gasteiger partial charge in [-0.15, -0.1) is 0 Å². The number of carbonyl (C=O) groups excluding carboxylic acids is 3. The molecule has 0 spiro atoms. The molecule has 0 saturated heterocycles. The van der Waals surface area contributed by atoms with Crippen molar-refractivity contribution in [1.82, 2.24) is 10.3 Å². The predicted molar refractivity (Wildman–Crippen MR) is 117 cm³/mol. The lowest BCUT2D eigenvalue weighted by Crippen LogP contribution is -2.25. The van der Waals surface area contributed by atoms with Crippen molar-refractivity contribution in [3.05, 3.63) is 52.3 Å². The third-order valence-electron chi connectivity index (χ3n) is 5.12. The van der Waals surface area contributed by atoms with E-state index >= 15 is 0 Å². The van der Waals surface area contributed by atoms with E-state index in [0.29, 0.717) is 41.2 Å². The molecule has 0 aliphatic rings. The van der Waals surface area contributed by atoms with Gasteiger partial charge in [-0.3, -0.25) is 9.59 Å². The SMILES string of the molecule is CCCc1c(C(=O)NCc2cccc(NC(=O)C(C)CC)c2)[nH]c(C)c1C(=O)OC. The number of aromatic amines is 1. The molecule has 7 nitrogen and oxygen atoms in total. The summed E-state index contributed by atoms with van der Waals surface area (Å²) in [6.45, 7) is 7.89. The Labute approximate surface area is 177 Å². The van der Waals surface area contributed by atoms with Gasteiger partial charge in [-0.25, -0.2) is 4.79 Å². The molecule has 0 bridgehead atoms. The summed E-state index contributed by atoms with van der Waals surface area (Å²) in [4.78, 5) is 40.1. The molecule has 1 atom stereocenters. The normalized spacial score (nSPS) is 11.6. The Morgan fingerprint density at radius 1 is 1.20 bits per heavy atom. The number of aryl methyl sites for hydroxylation is 1. The standard InChI is InChI=1S/C23H31N3O4/c1-6-9-18-19(23(29)30-5)15(4)25-20(18)22(28)24-13-16-10-8-11-17(12-16)26-21(27)14(3)7-2/h8,10-12,14,25H,6-7,9,13H2,1-5H3,(H,24,28)(H,26,27). The second-order valence-corrected chi connectivity index (χ2v) is 7.40. The predicted octanol–water partition coefficient (Wildman–Crippen LogP) is 3.98. The summed E-state index contributed by atoms with van der Waals surface area (Å²) in [5.41, 5.74) is 3.66. The van der Waals surface area contributed by atoms with Gasteiger partial charge in [0.1, 0.15) is 5.69 Å². The van der Waals surface area contributed by atoms with Crippen LogP contribution in [0.1, 0.15) is 71.3 Å². The van der Waals surface area contributed by atoms with E-state index in [2.05, 4.69) is 15.6 Å². The lowest BCUT2D eigenvalue weighted by Gasteiger charge is -2.12. The van der Waals surface area contributed by atoms with Crippen LogP contribution in [0.3, 0.4) is 0 Å². The number of aromatic nitrogens is 1. The summed E-state index contributed by atoms with van der Waals surface area (Å²) in [6.07, 6.45) is 2.15. The van der Waals surface area contributed by atoms with Gasteiger partial charge in [0.15, 0.2) is 0 Å². The molecule has 3 N–H and O–H groups in total. The highest BCUT2D eigenvalue weighted by atomic mass is 16.5. The molecule has 2 rings (SSSR count). The monoisotopic (exact) mass is 413 g/mol. The maximum absolute atomic E-state index is 12.8. The molecule has 2 aromatic rings. The number of hydrogen-bond acceptors (Lipinski definition) is 4. The summed E-state index contributed by atoms with van der Waals surface area (Å²) in [6, 6.07) is 7.38. The topological polar surface area (TPSA) is 100 Å². The highest BCUT2D eigenvalue weighted by Gasteiger charge is 2.24. The van der Waals surface area contributed by atoms with Crippen molar-refractivity contribution >= 4 is 23.5 Å². The number of hydrogen-bond donors (Lipinski definition) is 3. The van der Waals surface area contributed by atoms with E-state index in [1.807, 2.05) is 45.0 Å². The van der Waals surface area contributed by atoms with Crippen molar-refractivity contribution < 1.29 is 19.1 Å². The van der Waals surface area contributed by atoms with Crippen LogP contribution in [0.5, 0.6) is 0 Å². The van der Waals surface area contributed by atoms with Crippen molar-refractivity contribution in [2.45, 2.75) is 53.5 Å². The summed E-state index contributed by atoms with van der Waals surface area (Å²) in [5.74, 6) is -0.827. The van der Waals surface area contributed by atoms with Crippen molar-refractivity contribution in [2.24, 2.45) is 5.92 Å². The lowest BCUT2D eigenvalue weighted by molar-refractivity contribution is -0.119. The Morgan fingerprint density at radius 3 is 2.57 bits per heavy atom. The first-order valence-electron chi connectivity index (χ1n) is 10.3. The summed E-state index contributed by atoms with van der Waals surface area (Å²) < 4.78 is 4.87. The van der Waals surface area contributed by atoms with E-state index in [9.17, 15) is 14.4 Å². The van der Waals surface area contributed by atoms with E-state index in [-0.39, 0.29) is 17.7 Å². The number of benzene rings is 1. The smallest absolute Gasteiger partial charge is 0.339 e. The molecule has 0 aliphatic carbocycles. The van der Waals surface area contributed by atoms with Crippen LogP contribution in [0.2, 0.25) is 0 Å². The molecule has 1 aromatic heterocycles. The zero-order valence-corrected chi connectivity index (χ0v) is 18.3. The van der Waals surface area contributed by atoms with Crippen LogP contribution < -0.4 is 10.6 Å². The van der Waals surface area contributed by atoms with Crippen LogP contribution in [0.25, 0.3) is 0 Å². The Hall–Kier alpha value is -3.09. The highest BCUT2D eigenvalue weighted by Crippen LogP contribution is 2.22. The van der Waals surface area contributed by atoms with Crippen LogP contribution in [0.15, 0.2) is 24.3 Å². The van der Waals surface area contributed by atoms with Gasteiger partial charge in [0, 0.05) is 23.8 Å². The van der Waals surface area contributed by atoms with Gasteiger partial charge < -0.3 is 20.4 Å². The van der Waals surface area contributed by atoms with Gasteiger partial charge >= 0.3 is 5.97 Å². The second kappa shape index (κ2) is 10.6. The number of H-pyrrole nitrogens is 1. The summed E-state index contributed by atoms with van der Waals surface area (Å²) in [5, 5.41) is 5.79. The zero-order chi connectivity index (χ0) is 22.3. The van der Waals surface area contributed by atoms with Crippen molar-refractivity contribution in [1.29, 1.82) is 0 Å². The minimum absolute atomic E-state index is 0.0277. The number of anilines is 1. The molecule has 0 radical (unpaired) electrons. The number of amides is 2. The van der Waals surface area contributed by atoms with Crippen molar-refractivity contribution in [3.63, 3.8) is 0 Å². The maximum Gasteiger partial charge on any atom is 0.339 e. The average Bonchev–Trinajstić information content (AvgIpc) is 3.07. The summed E-state index contributed by atoms with van der Waals surface area (Å²) >= 11 is 0. The van der Waals surface area contributed by atoms with E-state index < -0.39 is 5.97 Å². The van der Waals surface area contributed by atoms with Gasteiger partial charge in [-0.2, -0.15) is 0 Å². The van der Waals surface area contributed by atoms with Crippen LogP contribution in [0.4, 0.5) is 5.69 Å². The highest BCUT2D eigenvalue weighted by molar-refractivity contribution is 6.00. The number of nitrogens with one attached hydrogen (secondary N) is 3. The molecule has 2 amide bonds. The zero-order valence-electron chi connectivity index (χ0n) is 18.3. The van der Waals surface area contributed by atoms with E-state index in [4.69, 9.17) is 4.74 Å². The van der Waals surface area contributed by atoms with E-state index in [1.165, 1.54) is 7.11 Å². The molecule has 1 heterocycles. The molecule has 30 heavy (non-hydrogen) atoms.